The van der Waals surface area contributed by atoms with Crippen LogP contribution in [0.5, 0.6) is 0 Å². The lowest BCUT2D eigenvalue weighted by Crippen LogP contribution is -2.51. The topological polar surface area (TPSA) is 52.6 Å². The Kier molecular flexibility index (Phi) is 8.07. The SMILES string of the molecule is CN=C(NCc1cnc(CC(C)C)s1)NC1CCN(Cc2ccccc2)C(C)C1. The van der Waals surface area contributed by atoms with Crippen LogP contribution in [-0.4, -0.2) is 41.5 Å². The van der Waals surface area contributed by atoms with Gasteiger partial charge in [-0.15, -0.1) is 11.3 Å². The molecule has 1 saturated heterocycles. The van der Waals surface area contributed by atoms with Crippen LogP contribution in [0.1, 0.15) is 49.1 Å². The number of likely N-dealkylation sites (tertiary alicyclic amines) is 1. The maximum absolute atomic E-state index is 4.54. The number of guanidine groups is 1. The highest BCUT2D eigenvalue weighted by Crippen LogP contribution is 2.20. The summed E-state index contributed by atoms with van der Waals surface area (Å²) in [4.78, 5) is 12.8. The zero-order valence-electron chi connectivity index (χ0n) is 18.2. The molecule has 2 unspecified atom stereocenters. The summed E-state index contributed by atoms with van der Waals surface area (Å²) in [6.45, 7) is 9.72. The first-order valence-corrected chi connectivity index (χ1v) is 11.5. The summed E-state index contributed by atoms with van der Waals surface area (Å²) in [7, 11) is 1.85. The summed E-state index contributed by atoms with van der Waals surface area (Å²) in [5.41, 5.74) is 1.39. The normalized spacial score (nSPS) is 20.8. The third-order valence-electron chi connectivity index (χ3n) is 5.42. The quantitative estimate of drug-likeness (QED) is 0.531. The van der Waals surface area contributed by atoms with E-state index in [2.05, 4.69) is 76.6 Å². The van der Waals surface area contributed by atoms with Gasteiger partial charge in [-0.2, -0.15) is 0 Å². The molecule has 0 spiro atoms. The molecule has 29 heavy (non-hydrogen) atoms. The molecule has 5 nitrogen and oxygen atoms in total. The lowest BCUT2D eigenvalue weighted by atomic mass is 9.97. The minimum Gasteiger partial charge on any atom is -0.354 e. The molecule has 158 valence electrons. The number of thiazole rings is 1. The Morgan fingerprint density at radius 3 is 2.79 bits per heavy atom. The van der Waals surface area contributed by atoms with Crippen LogP contribution in [0.2, 0.25) is 0 Å². The highest BCUT2D eigenvalue weighted by molar-refractivity contribution is 7.11. The number of nitrogens with one attached hydrogen (secondary N) is 2. The van der Waals surface area contributed by atoms with Crippen molar-refractivity contribution >= 4 is 17.3 Å². The van der Waals surface area contributed by atoms with Crippen LogP contribution in [0.25, 0.3) is 0 Å². The molecule has 2 aromatic rings. The van der Waals surface area contributed by atoms with Gasteiger partial charge < -0.3 is 10.6 Å². The number of rotatable bonds is 7. The molecule has 0 bridgehead atoms. The van der Waals surface area contributed by atoms with Crippen LogP contribution in [-0.2, 0) is 19.5 Å². The molecule has 2 N–H and O–H groups in total. The maximum Gasteiger partial charge on any atom is 0.191 e. The second kappa shape index (κ2) is 10.7. The zero-order valence-corrected chi connectivity index (χ0v) is 19.0. The minimum absolute atomic E-state index is 0.459. The van der Waals surface area contributed by atoms with E-state index in [1.165, 1.54) is 15.4 Å². The molecule has 3 rings (SSSR count). The molecule has 1 aliphatic rings. The van der Waals surface area contributed by atoms with Gasteiger partial charge in [0, 0.05) is 49.7 Å². The lowest BCUT2D eigenvalue weighted by Gasteiger charge is -2.38. The van der Waals surface area contributed by atoms with Gasteiger partial charge in [0.05, 0.1) is 11.6 Å². The van der Waals surface area contributed by atoms with E-state index >= 15 is 0 Å². The van der Waals surface area contributed by atoms with Gasteiger partial charge in [-0.25, -0.2) is 4.98 Å². The fourth-order valence-corrected chi connectivity index (χ4v) is 4.91. The van der Waals surface area contributed by atoms with Gasteiger partial charge in [0.25, 0.3) is 0 Å². The van der Waals surface area contributed by atoms with E-state index in [1.54, 1.807) is 11.3 Å². The van der Waals surface area contributed by atoms with Gasteiger partial charge in [0.1, 0.15) is 0 Å². The van der Waals surface area contributed by atoms with E-state index in [0.717, 1.165) is 44.9 Å². The lowest BCUT2D eigenvalue weighted by molar-refractivity contribution is 0.134. The van der Waals surface area contributed by atoms with E-state index < -0.39 is 0 Å². The molecule has 1 aromatic carbocycles. The predicted molar refractivity (Wildman–Crippen MR) is 123 cm³/mol. The standard InChI is InChI=1S/C23H35N5S/c1-17(2)12-22-25-14-21(29-22)15-26-23(24-4)27-20-10-11-28(18(3)13-20)16-19-8-6-5-7-9-19/h5-9,14,17-18,20H,10-13,15-16H2,1-4H3,(H2,24,26,27). The van der Waals surface area contributed by atoms with Gasteiger partial charge in [-0.3, -0.25) is 9.89 Å². The molecule has 0 amide bonds. The maximum atomic E-state index is 4.54. The summed E-state index contributed by atoms with van der Waals surface area (Å²) in [5.74, 6) is 1.53. The Hall–Kier alpha value is -1.92. The molecule has 2 heterocycles. The van der Waals surface area contributed by atoms with Gasteiger partial charge in [0.15, 0.2) is 5.96 Å². The number of hydrogen-bond donors (Lipinski definition) is 2. The van der Waals surface area contributed by atoms with Crippen molar-refractivity contribution in [2.75, 3.05) is 13.6 Å². The van der Waals surface area contributed by atoms with E-state index in [-0.39, 0.29) is 0 Å². The van der Waals surface area contributed by atoms with Crippen molar-refractivity contribution in [1.29, 1.82) is 0 Å². The van der Waals surface area contributed by atoms with Crippen LogP contribution in [0.15, 0.2) is 41.5 Å². The van der Waals surface area contributed by atoms with Gasteiger partial charge in [-0.05, 0) is 31.2 Å². The Labute approximate surface area is 179 Å². The second-order valence-electron chi connectivity index (χ2n) is 8.41. The van der Waals surface area contributed by atoms with Crippen LogP contribution in [0, 0.1) is 5.92 Å². The third kappa shape index (κ3) is 6.82. The molecule has 1 aliphatic heterocycles. The third-order valence-corrected chi connectivity index (χ3v) is 6.44. The molecular formula is C23H35N5S. The number of aliphatic imine (C=N–C) groups is 1. The summed E-state index contributed by atoms with van der Waals surface area (Å²) in [6, 6.07) is 11.8. The molecule has 6 heteroatoms. The van der Waals surface area contributed by atoms with Crippen molar-refractivity contribution in [2.24, 2.45) is 10.9 Å². The molecule has 0 saturated carbocycles. The number of aromatic nitrogens is 1. The summed E-state index contributed by atoms with van der Waals surface area (Å²) >= 11 is 1.80. The summed E-state index contributed by atoms with van der Waals surface area (Å²) < 4.78 is 0. The highest BCUT2D eigenvalue weighted by Gasteiger charge is 2.26. The highest BCUT2D eigenvalue weighted by atomic mass is 32.1. The van der Waals surface area contributed by atoms with Crippen molar-refractivity contribution in [3.63, 3.8) is 0 Å². The largest absolute Gasteiger partial charge is 0.354 e. The Balaban J connectivity index is 1.45. The zero-order chi connectivity index (χ0) is 20.6. The number of hydrogen-bond acceptors (Lipinski definition) is 4. The number of piperidine rings is 1. The average molecular weight is 414 g/mol. The van der Waals surface area contributed by atoms with E-state index in [4.69, 9.17) is 0 Å². The predicted octanol–water partition coefficient (Wildman–Crippen LogP) is 4.06. The van der Waals surface area contributed by atoms with Crippen molar-refractivity contribution in [3.8, 4) is 0 Å². The van der Waals surface area contributed by atoms with Crippen LogP contribution in [0.4, 0.5) is 0 Å². The van der Waals surface area contributed by atoms with Gasteiger partial charge >= 0.3 is 0 Å². The first kappa shape index (κ1) is 21.8. The Morgan fingerprint density at radius 2 is 2.10 bits per heavy atom. The Morgan fingerprint density at radius 1 is 1.31 bits per heavy atom. The van der Waals surface area contributed by atoms with Crippen LogP contribution >= 0.6 is 11.3 Å². The molecular weight excluding hydrogens is 378 g/mol. The molecule has 1 fully saturated rings. The van der Waals surface area contributed by atoms with E-state index in [9.17, 15) is 0 Å². The van der Waals surface area contributed by atoms with Crippen molar-refractivity contribution in [2.45, 2.75) is 65.2 Å². The van der Waals surface area contributed by atoms with Gasteiger partial charge in [-0.1, -0.05) is 44.2 Å². The molecule has 2 atom stereocenters. The average Bonchev–Trinajstić information content (AvgIpc) is 3.14. The van der Waals surface area contributed by atoms with Crippen molar-refractivity contribution in [3.05, 3.63) is 52.0 Å². The van der Waals surface area contributed by atoms with Gasteiger partial charge in [0.2, 0.25) is 0 Å². The molecule has 0 aliphatic carbocycles. The van der Waals surface area contributed by atoms with Crippen LogP contribution < -0.4 is 10.6 Å². The van der Waals surface area contributed by atoms with E-state index in [0.29, 0.717) is 18.0 Å². The monoisotopic (exact) mass is 413 g/mol. The van der Waals surface area contributed by atoms with Crippen molar-refractivity contribution < 1.29 is 0 Å². The Bertz CT molecular complexity index is 771. The fourth-order valence-electron chi connectivity index (χ4n) is 3.84. The van der Waals surface area contributed by atoms with Crippen LogP contribution in [0.3, 0.4) is 0 Å². The first-order chi connectivity index (χ1) is 14.0. The summed E-state index contributed by atoms with van der Waals surface area (Å²) in [5, 5.41) is 8.31. The number of nitrogens with zero attached hydrogens (tertiary/aromatic N) is 3. The fraction of sp³-hybridized carbons (Fsp3) is 0.565. The summed E-state index contributed by atoms with van der Waals surface area (Å²) in [6.07, 6.45) is 5.31. The molecule has 1 aromatic heterocycles. The van der Waals surface area contributed by atoms with Crippen molar-refractivity contribution in [1.82, 2.24) is 20.5 Å². The number of benzene rings is 1. The minimum atomic E-state index is 0.459. The smallest absolute Gasteiger partial charge is 0.191 e. The first-order valence-electron chi connectivity index (χ1n) is 10.7. The molecule has 0 radical (unpaired) electrons. The van der Waals surface area contributed by atoms with E-state index in [1.807, 2.05) is 13.2 Å². The second-order valence-corrected chi connectivity index (χ2v) is 9.61.